The molecule has 0 saturated heterocycles. The highest BCUT2D eigenvalue weighted by Gasteiger charge is 2.16. The lowest BCUT2D eigenvalue weighted by Crippen LogP contribution is -2.27. The van der Waals surface area contributed by atoms with E-state index in [4.69, 9.17) is 5.73 Å². The number of nitrogens with two attached hydrogens (primary N) is 1. The van der Waals surface area contributed by atoms with Gasteiger partial charge >= 0.3 is 0 Å². The first-order chi connectivity index (χ1) is 8.16. The van der Waals surface area contributed by atoms with Gasteiger partial charge in [0.15, 0.2) is 0 Å². The third kappa shape index (κ3) is 2.66. The third-order valence-corrected chi connectivity index (χ3v) is 2.68. The van der Waals surface area contributed by atoms with Crippen LogP contribution in [0.25, 0.3) is 0 Å². The Bertz CT molecular complexity index is 489. The van der Waals surface area contributed by atoms with Crippen molar-refractivity contribution in [3.63, 3.8) is 0 Å². The molecule has 88 valence electrons. The normalized spacial score (nSPS) is 12.2. The number of aromatic hydroxyl groups is 1. The van der Waals surface area contributed by atoms with E-state index in [1.165, 1.54) is 0 Å². The number of nitrogens with zero attached hydrogens (tertiary/aromatic N) is 1. The molecule has 17 heavy (non-hydrogen) atoms. The standard InChI is InChI=1S/C13H14N2O2/c14-13(17)12(15-7-1-2-8-15)9-10-3-5-11(16)6-4-10/h1-8,12,16H,9H2,(H2,14,17). The predicted octanol–water partition coefficient (Wildman–Crippen LogP) is 1.46. The van der Waals surface area contributed by atoms with E-state index in [1.54, 1.807) is 28.8 Å². The maximum absolute atomic E-state index is 11.4. The summed E-state index contributed by atoms with van der Waals surface area (Å²) in [6.07, 6.45) is 4.15. The second kappa shape index (κ2) is 4.74. The zero-order chi connectivity index (χ0) is 12.3. The number of rotatable bonds is 4. The third-order valence-electron chi connectivity index (χ3n) is 2.68. The monoisotopic (exact) mass is 230 g/mol. The van der Waals surface area contributed by atoms with E-state index in [1.807, 2.05) is 24.5 Å². The van der Waals surface area contributed by atoms with Crippen LogP contribution in [0.15, 0.2) is 48.8 Å². The second-order valence-corrected chi connectivity index (χ2v) is 3.92. The van der Waals surface area contributed by atoms with Crippen LogP contribution in [0.2, 0.25) is 0 Å². The highest BCUT2D eigenvalue weighted by atomic mass is 16.3. The van der Waals surface area contributed by atoms with Crippen molar-refractivity contribution < 1.29 is 9.90 Å². The SMILES string of the molecule is NC(=O)C(Cc1ccc(O)cc1)n1cccc1. The Morgan fingerprint density at radius 3 is 2.35 bits per heavy atom. The molecule has 0 spiro atoms. The molecule has 1 unspecified atom stereocenters. The average molecular weight is 230 g/mol. The number of hydrogen-bond donors (Lipinski definition) is 2. The van der Waals surface area contributed by atoms with E-state index < -0.39 is 6.04 Å². The van der Waals surface area contributed by atoms with E-state index in [0.29, 0.717) is 6.42 Å². The van der Waals surface area contributed by atoms with Crippen molar-refractivity contribution in [2.24, 2.45) is 5.73 Å². The van der Waals surface area contributed by atoms with Gasteiger partial charge in [-0.3, -0.25) is 4.79 Å². The second-order valence-electron chi connectivity index (χ2n) is 3.92. The van der Waals surface area contributed by atoms with Gasteiger partial charge in [0.2, 0.25) is 5.91 Å². The number of primary amides is 1. The summed E-state index contributed by atoms with van der Waals surface area (Å²) >= 11 is 0. The summed E-state index contributed by atoms with van der Waals surface area (Å²) in [4.78, 5) is 11.4. The van der Waals surface area contributed by atoms with E-state index in [2.05, 4.69) is 0 Å². The number of hydrogen-bond acceptors (Lipinski definition) is 2. The molecule has 0 aliphatic carbocycles. The van der Waals surface area contributed by atoms with E-state index in [9.17, 15) is 9.90 Å². The van der Waals surface area contributed by atoms with Gasteiger partial charge in [0, 0.05) is 18.8 Å². The van der Waals surface area contributed by atoms with Gasteiger partial charge in [-0.25, -0.2) is 0 Å². The molecular weight excluding hydrogens is 216 g/mol. The highest BCUT2D eigenvalue weighted by Crippen LogP contribution is 2.17. The molecular formula is C13H14N2O2. The lowest BCUT2D eigenvalue weighted by atomic mass is 10.1. The number of aromatic nitrogens is 1. The minimum atomic E-state index is -0.394. The number of amides is 1. The minimum Gasteiger partial charge on any atom is -0.508 e. The van der Waals surface area contributed by atoms with Crippen LogP contribution in [-0.2, 0) is 11.2 Å². The van der Waals surface area contributed by atoms with Crippen LogP contribution in [0.3, 0.4) is 0 Å². The van der Waals surface area contributed by atoms with E-state index in [0.717, 1.165) is 5.56 Å². The van der Waals surface area contributed by atoms with Crippen molar-refractivity contribution in [2.45, 2.75) is 12.5 Å². The lowest BCUT2D eigenvalue weighted by Gasteiger charge is -2.15. The smallest absolute Gasteiger partial charge is 0.240 e. The van der Waals surface area contributed by atoms with E-state index >= 15 is 0 Å². The molecule has 4 nitrogen and oxygen atoms in total. The summed E-state index contributed by atoms with van der Waals surface area (Å²) < 4.78 is 1.79. The number of phenols is 1. The topological polar surface area (TPSA) is 68.2 Å². The van der Waals surface area contributed by atoms with Crippen molar-refractivity contribution in [3.05, 3.63) is 54.4 Å². The quantitative estimate of drug-likeness (QED) is 0.835. The predicted molar refractivity (Wildman–Crippen MR) is 64.5 cm³/mol. The molecule has 3 N–H and O–H groups in total. The summed E-state index contributed by atoms with van der Waals surface area (Å²) in [7, 11) is 0. The van der Waals surface area contributed by atoms with Gasteiger partial charge in [-0.1, -0.05) is 12.1 Å². The van der Waals surface area contributed by atoms with Crippen LogP contribution in [0, 0.1) is 0 Å². The molecule has 0 radical (unpaired) electrons. The summed E-state index contributed by atoms with van der Waals surface area (Å²) in [5.41, 5.74) is 6.36. The summed E-state index contributed by atoms with van der Waals surface area (Å²) in [5.74, 6) is -0.153. The molecule has 1 aromatic carbocycles. The van der Waals surface area contributed by atoms with Gasteiger partial charge in [-0.2, -0.15) is 0 Å². The first-order valence-corrected chi connectivity index (χ1v) is 5.36. The summed E-state index contributed by atoms with van der Waals surface area (Å²) in [6, 6.07) is 10.1. The fourth-order valence-electron chi connectivity index (χ4n) is 1.76. The van der Waals surface area contributed by atoms with Crippen LogP contribution in [-0.4, -0.2) is 15.6 Å². The average Bonchev–Trinajstić information content (AvgIpc) is 2.81. The van der Waals surface area contributed by atoms with Gasteiger partial charge < -0.3 is 15.4 Å². The van der Waals surface area contributed by atoms with Crippen LogP contribution >= 0.6 is 0 Å². The Labute approximate surface area is 99.3 Å². The maximum Gasteiger partial charge on any atom is 0.240 e. The lowest BCUT2D eigenvalue weighted by molar-refractivity contribution is -0.121. The summed E-state index contributed by atoms with van der Waals surface area (Å²) in [5, 5.41) is 9.19. The van der Waals surface area contributed by atoms with Crippen molar-refractivity contribution in [3.8, 4) is 5.75 Å². The fraction of sp³-hybridized carbons (Fsp3) is 0.154. The maximum atomic E-state index is 11.4. The highest BCUT2D eigenvalue weighted by molar-refractivity contribution is 5.78. The number of carbonyl (C=O) groups is 1. The molecule has 4 heteroatoms. The fourth-order valence-corrected chi connectivity index (χ4v) is 1.76. The van der Waals surface area contributed by atoms with Gasteiger partial charge in [0.05, 0.1) is 0 Å². The van der Waals surface area contributed by atoms with Crippen molar-refractivity contribution in [1.82, 2.24) is 4.57 Å². The molecule has 1 amide bonds. The van der Waals surface area contributed by atoms with Crippen LogP contribution in [0.4, 0.5) is 0 Å². The molecule has 0 bridgehead atoms. The Kier molecular flexibility index (Phi) is 3.14. The zero-order valence-electron chi connectivity index (χ0n) is 9.28. The first-order valence-electron chi connectivity index (χ1n) is 5.36. The Balaban J connectivity index is 2.19. The van der Waals surface area contributed by atoms with Crippen molar-refractivity contribution in [2.75, 3.05) is 0 Å². The van der Waals surface area contributed by atoms with Gasteiger partial charge in [0.1, 0.15) is 11.8 Å². The van der Waals surface area contributed by atoms with Gasteiger partial charge in [-0.05, 0) is 29.8 Å². The van der Waals surface area contributed by atoms with Crippen LogP contribution < -0.4 is 5.73 Å². The van der Waals surface area contributed by atoms with Crippen molar-refractivity contribution in [1.29, 1.82) is 0 Å². The molecule has 1 aromatic heterocycles. The number of carbonyl (C=O) groups excluding carboxylic acids is 1. The van der Waals surface area contributed by atoms with Crippen LogP contribution in [0.5, 0.6) is 5.75 Å². The molecule has 2 aromatic rings. The molecule has 0 aliphatic rings. The molecule has 0 aliphatic heterocycles. The van der Waals surface area contributed by atoms with Gasteiger partial charge in [-0.15, -0.1) is 0 Å². The zero-order valence-corrected chi connectivity index (χ0v) is 9.28. The van der Waals surface area contributed by atoms with Crippen molar-refractivity contribution >= 4 is 5.91 Å². The molecule has 0 fully saturated rings. The largest absolute Gasteiger partial charge is 0.508 e. The first kappa shape index (κ1) is 11.3. The molecule has 0 saturated carbocycles. The van der Waals surface area contributed by atoms with Gasteiger partial charge in [0.25, 0.3) is 0 Å². The van der Waals surface area contributed by atoms with E-state index in [-0.39, 0.29) is 11.7 Å². The van der Waals surface area contributed by atoms with Crippen LogP contribution in [0.1, 0.15) is 11.6 Å². The Hall–Kier alpha value is -2.23. The number of benzene rings is 1. The molecule has 2 rings (SSSR count). The minimum absolute atomic E-state index is 0.213. The summed E-state index contributed by atoms with van der Waals surface area (Å²) in [6.45, 7) is 0. The number of phenolic OH excluding ortho intramolecular Hbond substituents is 1. The molecule has 1 heterocycles. The molecule has 1 atom stereocenters. The Morgan fingerprint density at radius 1 is 1.24 bits per heavy atom. The Morgan fingerprint density at radius 2 is 1.82 bits per heavy atom.